The van der Waals surface area contributed by atoms with E-state index in [1.165, 1.54) is 27.8 Å². The van der Waals surface area contributed by atoms with Crippen molar-refractivity contribution >= 4 is 17.7 Å². The van der Waals surface area contributed by atoms with Crippen molar-refractivity contribution in [2.75, 3.05) is 32.1 Å². The Bertz CT molecular complexity index is 1030. The highest BCUT2D eigenvalue weighted by atomic mass is 16.5. The van der Waals surface area contributed by atoms with Gasteiger partial charge in [0.2, 0.25) is 5.91 Å². The average Bonchev–Trinajstić information content (AvgIpc) is 2.83. The highest BCUT2D eigenvalue weighted by Gasteiger charge is 2.24. The van der Waals surface area contributed by atoms with Crippen LogP contribution in [0.25, 0.3) is 17.2 Å². The van der Waals surface area contributed by atoms with Crippen molar-refractivity contribution in [3.8, 4) is 17.2 Å². The number of likely N-dealkylation sites (tertiary alicyclic amines) is 1. The summed E-state index contributed by atoms with van der Waals surface area (Å²) < 4.78 is 4.99. The highest BCUT2D eigenvalue weighted by Crippen LogP contribution is 2.33. The van der Waals surface area contributed by atoms with Gasteiger partial charge in [0.05, 0.1) is 6.07 Å². The lowest BCUT2D eigenvalue weighted by Crippen LogP contribution is -2.43. The number of carbonyl (C=O) groups is 1. The number of benzene rings is 2. The Hall–Kier alpha value is -3.30. The summed E-state index contributed by atoms with van der Waals surface area (Å²) in [5, 5.41) is 16.0. The number of methoxy groups -OCH3 is 1. The first kappa shape index (κ1) is 21.9. The number of anilines is 1. The molecular weight excluding hydrogens is 400 g/mol. The lowest BCUT2D eigenvalue weighted by atomic mass is 9.93. The van der Waals surface area contributed by atoms with Gasteiger partial charge in [-0.3, -0.25) is 4.79 Å². The summed E-state index contributed by atoms with van der Waals surface area (Å²) in [4.78, 5) is 14.0. The van der Waals surface area contributed by atoms with Gasteiger partial charge in [-0.15, -0.1) is 0 Å². The molecule has 2 heterocycles. The van der Waals surface area contributed by atoms with Crippen LogP contribution in [0.1, 0.15) is 36.0 Å². The molecule has 0 unspecified atom stereocenters. The van der Waals surface area contributed by atoms with Crippen molar-refractivity contribution in [1.29, 1.82) is 5.26 Å². The van der Waals surface area contributed by atoms with Crippen LogP contribution in [-0.4, -0.2) is 43.7 Å². The molecule has 0 spiro atoms. The highest BCUT2D eigenvalue weighted by molar-refractivity contribution is 5.78. The molecule has 0 aliphatic carbocycles. The molecule has 2 aliphatic heterocycles. The summed E-state index contributed by atoms with van der Waals surface area (Å²) in [5.41, 5.74) is 7.16. The Morgan fingerprint density at radius 3 is 2.88 bits per heavy atom. The number of carbonyl (C=O) groups excluding carboxylic acids is 1. The molecule has 0 aromatic heterocycles. The first-order valence-electron chi connectivity index (χ1n) is 11.2. The van der Waals surface area contributed by atoms with Gasteiger partial charge in [0, 0.05) is 50.5 Å². The van der Waals surface area contributed by atoms with Gasteiger partial charge in [-0.2, -0.15) is 5.26 Å². The lowest BCUT2D eigenvalue weighted by Gasteiger charge is -2.33. The summed E-state index contributed by atoms with van der Waals surface area (Å²) in [6.45, 7) is 2.45. The largest absolute Gasteiger partial charge is 0.387 e. The molecule has 32 heavy (non-hydrogen) atoms. The number of nitriles is 1. The minimum atomic E-state index is 0.0657. The first-order valence-corrected chi connectivity index (χ1v) is 11.2. The first-order chi connectivity index (χ1) is 15.7. The molecular formula is C26H30N4O2. The SMILES string of the molecule is COCC(=O)N1CCC(Nc2cc(-c3cccc(CCC#N)c3)cc3c2CNC=C3)CC1. The number of fused-ring (bicyclic) bond motifs is 1. The topological polar surface area (TPSA) is 77.4 Å². The van der Waals surface area contributed by atoms with Crippen LogP contribution in [0.15, 0.2) is 42.6 Å². The van der Waals surface area contributed by atoms with Crippen LogP contribution in [-0.2, 0) is 22.5 Å². The number of nitrogens with zero attached hydrogens (tertiary/aromatic N) is 2. The van der Waals surface area contributed by atoms with Crippen LogP contribution in [0.4, 0.5) is 5.69 Å². The van der Waals surface area contributed by atoms with Crippen LogP contribution >= 0.6 is 0 Å². The number of hydrogen-bond acceptors (Lipinski definition) is 5. The fourth-order valence-electron chi connectivity index (χ4n) is 4.46. The Balaban J connectivity index is 1.55. The third-order valence-electron chi connectivity index (χ3n) is 6.20. The van der Waals surface area contributed by atoms with Crippen molar-refractivity contribution < 1.29 is 9.53 Å². The number of rotatable bonds is 7. The monoisotopic (exact) mass is 430 g/mol. The van der Waals surface area contributed by atoms with Crippen molar-refractivity contribution in [3.63, 3.8) is 0 Å². The molecule has 2 aromatic rings. The molecule has 1 amide bonds. The van der Waals surface area contributed by atoms with Gasteiger partial charge >= 0.3 is 0 Å². The van der Waals surface area contributed by atoms with Gasteiger partial charge in [0.1, 0.15) is 6.61 Å². The lowest BCUT2D eigenvalue weighted by molar-refractivity contribution is -0.136. The van der Waals surface area contributed by atoms with Crippen LogP contribution in [0, 0.1) is 11.3 Å². The molecule has 6 heteroatoms. The molecule has 0 bridgehead atoms. The molecule has 1 saturated heterocycles. The van der Waals surface area contributed by atoms with Gasteiger partial charge in [-0.25, -0.2) is 0 Å². The van der Waals surface area contributed by atoms with Crippen LogP contribution in [0.3, 0.4) is 0 Å². The summed E-state index contributed by atoms with van der Waals surface area (Å²) in [5.74, 6) is 0.0657. The Morgan fingerprint density at radius 1 is 1.25 bits per heavy atom. The zero-order valence-corrected chi connectivity index (χ0v) is 18.6. The molecule has 0 saturated carbocycles. The minimum absolute atomic E-state index is 0.0657. The number of piperidine rings is 1. The van der Waals surface area contributed by atoms with E-state index in [-0.39, 0.29) is 12.5 Å². The second-order valence-electron chi connectivity index (χ2n) is 8.40. The number of hydrogen-bond donors (Lipinski definition) is 2. The minimum Gasteiger partial charge on any atom is -0.387 e. The van der Waals surface area contributed by atoms with Crippen LogP contribution < -0.4 is 10.6 Å². The van der Waals surface area contributed by atoms with Gasteiger partial charge in [-0.05, 0) is 65.9 Å². The van der Waals surface area contributed by atoms with E-state index in [1.54, 1.807) is 7.11 Å². The predicted molar refractivity (Wildman–Crippen MR) is 127 cm³/mol. The van der Waals surface area contributed by atoms with Gasteiger partial charge in [-0.1, -0.05) is 24.3 Å². The molecule has 6 nitrogen and oxygen atoms in total. The fraction of sp³-hybridized carbons (Fsp3) is 0.385. The fourth-order valence-corrected chi connectivity index (χ4v) is 4.46. The zero-order chi connectivity index (χ0) is 22.3. The molecule has 0 atom stereocenters. The quantitative estimate of drug-likeness (QED) is 0.696. The second kappa shape index (κ2) is 10.3. The van der Waals surface area contributed by atoms with Crippen molar-refractivity contribution in [3.05, 3.63) is 59.3 Å². The standard InChI is InChI=1S/C26H30N4O2/c1-32-18-26(31)30-12-8-23(9-13-30)29-25-16-22(15-21-7-11-28-17-24(21)25)20-6-2-4-19(14-20)5-3-10-27/h2,4,6-7,11,14-16,23,28-29H,3,5,8-9,12-13,17-18H2,1H3. The number of ether oxygens (including phenoxy) is 1. The average molecular weight is 431 g/mol. The second-order valence-corrected chi connectivity index (χ2v) is 8.40. The van der Waals surface area contributed by atoms with E-state index >= 15 is 0 Å². The maximum absolute atomic E-state index is 12.1. The summed E-state index contributed by atoms with van der Waals surface area (Å²) in [6, 6.07) is 15.5. The third kappa shape index (κ3) is 5.12. The van der Waals surface area contributed by atoms with E-state index < -0.39 is 0 Å². The van der Waals surface area contributed by atoms with E-state index in [0.29, 0.717) is 12.5 Å². The molecule has 166 valence electrons. The smallest absolute Gasteiger partial charge is 0.248 e. The number of amides is 1. The molecule has 2 aromatic carbocycles. The zero-order valence-electron chi connectivity index (χ0n) is 18.6. The third-order valence-corrected chi connectivity index (χ3v) is 6.20. The summed E-state index contributed by atoms with van der Waals surface area (Å²) in [6.07, 6.45) is 7.26. The van der Waals surface area contributed by atoms with Crippen molar-refractivity contribution in [2.24, 2.45) is 0 Å². The van der Waals surface area contributed by atoms with Crippen LogP contribution in [0.2, 0.25) is 0 Å². The maximum atomic E-state index is 12.1. The number of nitrogens with one attached hydrogen (secondary N) is 2. The van der Waals surface area contributed by atoms with Crippen molar-refractivity contribution in [2.45, 2.75) is 38.3 Å². The van der Waals surface area contributed by atoms with E-state index in [9.17, 15) is 4.79 Å². The van der Waals surface area contributed by atoms with Crippen LogP contribution in [0.5, 0.6) is 0 Å². The normalized spacial score (nSPS) is 15.6. The molecule has 4 rings (SSSR count). The Kier molecular flexibility index (Phi) is 7.08. The van der Waals surface area contributed by atoms with Gasteiger partial charge in [0.15, 0.2) is 0 Å². The summed E-state index contributed by atoms with van der Waals surface area (Å²) in [7, 11) is 1.56. The predicted octanol–water partition coefficient (Wildman–Crippen LogP) is 3.93. The molecule has 1 fully saturated rings. The van der Waals surface area contributed by atoms with E-state index in [0.717, 1.165) is 44.6 Å². The Morgan fingerprint density at radius 2 is 2.09 bits per heavy atom. The molecule has 0 radical (unpaired) electrons. The summed E-state index contributed by atoms with van der Waals surface area (Å²) >= 11 is 0. The van der Waals surface area contributed by atoms with E-state index in [2.05, 4.69) is 59.2 Å². The number of aryl methyl sites for hydroxylation is 1. The maximum Gasteiger partial charge on any atom is 0.248 e. The van der Waals surface area contributed by atoms with Crippen molar-refractivity contribution in [1.82, 2.24) is 10.2 Å². The van der Waals surface area contributed by atoms with E-state index in [1.807, 2.05) is 11.1 Å². The van der Waals surface area contributed by atoms with Gasteiger partial charge < -0.3 is 20.3 Å². The van der Waals surface area contributed by atoms with Gasteiger partial charge in [0.25, 0.3) is 0 Å². The molecule has 2 N–H and O–H groups in total. The molecule has 2 aliphatic rings. The van der Waals surface area contributed by atoms with E-state index in [4.69, 9.17) is 10.00 Å². The Labute approximate surface area is 189 Å².